The molecule has 0 spiro atoms. The van der Waals surface area contributed by atoms with E-state index in [0.717, 1.165) is 12.8 Å². The Labute approximate surface area is 127 Å². The van der Waals surface area contributed by atoms with Crippen molar-refractivity contribution in [3.05, 3.63) is 0 Å². The summed E-state index contributed by atoms with van der Waals surface area (Å²) in [4.78, 5) is 25.5. The summed E-state index contributed by atoms with van der Waals surface area (Å²) < 4.78 is 10.2. The van der Waals surface area contributed by atoms with Crippen molar-refractivity contribution in [2.45, 2.75) is 64.6 Å². The maximum atomic E-state index is 12.1. The topological polar surface area (TPSA) is 67.9 Å². The van der Waals surface area contributed by atoms with Gasteiger partial charge in [0.1, 0.15) is 11.1 Å². The first-order valence-electron chi connectivity index (χ1n) is 7.39. The average Bonchev–Trinajstić information content (AvgIpc) is 2.35. The monoisotopic (exact) mass is 300 g/mol. The Kier molecular flexibility index (Phi) is 5.61. The van der Waals surface area contributed by atoms with Gasteiger partial charge in [-0.2, -0.15) is 0 Å². The number of ether oxygens (including phenoxy) is 2. The van der Waals surface area contributed by atoms with E-state index in [1.54, 1.807) is 18.7 Å². The van der Waals surface area contributed by atoms with Crippen molar-refractivity contribution in [3.8, 4) is 0 Å². The Morgan fingerprint density at radius 2 is 1.81 bits per heavy atom. The van der Waals surface area contributed by atoms with E-state index in [2.05, 4.69) is 5.32 Å². The lowest BCUT2D eigenvalue weighted by Crippen LogP contribution is -2.57. The van der Waals surface area contributed by atoms with Crippen molar-refractivity contribution in [3.63, 3.8) is 0 Å². The number of hydrogen-bond donors (Lipinski definition) is 1. The van der Waals surface area contributed by atoms with Gasteiger partial charge in [-0.3, -0.25) is 10.1 Å². The van der Waals surface area contributed by atoms with Gasteiger partial charge in [0.25, 0.3) is 0 Å². The first-order chi connectivity index (χ1) is 9.55. The number of nitrogens with zero attached hydrogens (tertiary/aromatic N) is 1. The molecule has 21 heavy (non-hydrogen) atoms. The molecule has 1 aliphatic heterocycles. The second-order valence-electron chi connectivity index (χ2n) is 7.03. The van der Waals surface area contributed by atoms with Crippen molar-refractivity contribution in [2.75, 3.05) is 20.2 Å². The molecule has 0 aliphatic carbocycles. The van der Waals surface area contributed by atoms with E-state index in [1.165, 1.54) is 7.11 Å². The molecule has 0 aromatic heterocycles. The van der Waals surface area contributed by atoms with E-state index in [4.69, 9.17) is 9.47 Å². The van der Waals surface area contributed by atoms with Gasteiger partial charge in [-0.1, -0.05) is 0 Å². The summed E-state index contributed by atoms with van der Waals surface area (Å²) >= 11 is 0. The summed E-state index contributed by atoms with van der Waals surface area (Å²) in [6.45, 7) is 10.3. The number of piperidine rings is 1. The van der Waals surface area contributed by atoms with Gasteiger partial charge in [0, 0.05) is 19.1 Å². The lowest BCUT2D eigenvalue weighted by atomic mass is 9.99. The van der Waals surface area contributed by atoms with Gasteiger partial charge >= 0.3 is 12.1 Å². The Balaban J connectivity index is 2.60. The van der Waals surface area contributed by atoms with E-state index >= 15 is 0 Å². The summed E-state index contributed by atoms with van der Waals surface area (Å²) in [6.07, 6.45) is 1.50. The second-order valence-corrected chi connectivity index (χ2v) is 7.03. The van der Waals surface area contributed by atoms with Crippen LogP contribution in [-0.2, 0) is 14.3 Å². The van der Waals surface area contributed by atoms with Gasteiger partial charge in [0.2, 0.25) is 0 Å². The number of methoxy groups -OCH3 is 1. The number of likely N-dealkylation sites (tertiary alicyclic amines) is 1. The van der Waals surface area contributed by atoms with Crippen LogP contribution >= 0.6 is 0 Å². The van der Waals surface area contributed by atoms with E-state index in [1.807, 2.05) is 20.8 Å². The Bertz CT molecular complexity index is 388. The Hall–Kier alpha value is -1.30. The molecule has 1 aliphatic rings. The molecule has 1 saturated heterocycles. The van der Waals surface area contributed by atoms with Gasteiger partial charge in [0.15, 0.2) is 0 Å². The van der Waals surface area contributed by atoms with E-state index in [0.29, 0.717) is 13.1 Å². The van der Waals surface area contributed by atoms with Gasteiger partial charge in [0.05, 0.1) is 7.11 Å². The molecule has 1 fully saturated rings. The molecule has 0 bridgehead atoms. The molecular formula is C15H28N2O4. The van der Waals surface area contributed by atoms with Gasteiger partial charge in [-0.05, 0) is 47.5 Å². The Morgan fingerprint density at radius 1 is 1.19 bits per heavy atom. The number of rotatable bonds is 3. The van der Waals surface area contributed by atoms with Gasteiger partial charge < -0.3 is 14.4 Å². The van der Waals surface area contributed by atoms with Crippen LogP contribution in [0.25, 0.3) is 0 Å². The molecule has 122 valence electrons. The fraction of sp³-hybridized carbons (Fsp3) is 0.867. The van der Waals surface area contributed by atoms with Crippen molar-refractivity contribution in [1.82, 2.24) is 10.2 Å². The molecule has 6 nitrogen and oxygen atoms in total. The highest BCUT2D eigenvalue weighted by Gasteiger charge is 2.34. The number of carbonyl (C=O) groups is 2. The predicted octanol–water partition coefficient (Wildman–Crippen LogP) is 1.93. The van der Waals surface area contributed by atoms with Crippen LogP contribution < -0.4 is 5.32 Å². The normalized spacial score (nSPS) is 20.1. The van der Waals surface area contributed by atoms with Crippen molar-refractivity contribution in [2.24, 2.45) is 0 Å². The highest BCUT2D eigenvalue weighted by Crippen LogP contribution is 2.17. The molecule has 0 aromatic carbocycles. The lowest BCUT2D eigenvalue weighted by Gasteiger charge is -2.37. The average molecular weight is 300 g/mol. The van der Waals surface area contributed by atoms with Crippen molar-refractivity contribution in [1.29, 1.82) is 0 Å². The fourth-order valence-corrected chi connectivity index (χ4v) is 2.41. The standard InChI is InChI=1S/C15H28N2O4/c1-14(2,3)21-13(19)17-9-7-8-11(10-17)16-15(4,5)12(18)20-6/h11,16H,7-10H2,1-6H3. The van der Waals surface area contributed by atoms with E-state index in [9.17, 15) is 9.59 Å². The Morgan fingerprint density at radius 3 is 2.33 bits per heavy atom. The van der Waals surface area contributed by atoms with Crippen LogP contribution in [0.15, 0.2) is 0 Å². The summed E-state index contributed by atoms with van der Waals surface area (Å²) in [7, 11) is 1.37. The lowest BCUT2D eigenvalue weighted by molar-refractivity contribution is -0.147. The molecular weight excluding hydrogens is 272 g/mol. The third-order valence-electron chi connectivity index (χ3n) is 3.33. The maximum Gasteiger partial charge on any atom is 0.410 e. The minimum absolute atomic E-state index is 0.0559. The number of amides is 1. The first kappa shape index (κ1) is 17.8. The molecule has 1 amide bonds. The molecule has 1 unspecified atom stereocenters. The number of nitrogens with one attached hydrogen (secondary N) is 1. The summed E-state index contributed by atoms with van der Waals surface area (Å²) in [5.41, 5.74) is -1.26. The summed E-state index contributed by atoms with van der Waals surface area (Å²) in [6, 6.07) is 0.0559. The molecule has 0 aromatic rings. The molecule has 1 rings (SSSR count). The van der Waals surface area contributed by atoms with E-state index in [-0.39, 0.29) is 18.1 Å². The molecule has 1 heterocycles. The van der Waals surface area contributed by atoms with Gasteiger partial charge in [-0.25, -0.2) is 4.79 Å². The zero-order chi connectivity index (χ0) is 16.3. The van der Waals surface area contributed by atoms with Crippen LogP contribution in [0.3, 0.4) is 0 Å². The van der Waals surface area contributed by atoms with Crippen LogP contribution in [0.5, 0.6) is 0 Å². The SMILES string of the molecule is COC(=O)C(C)(C)NC1CCCN(C(=O)OC(C)(C)C)C1. The third kappa shape index (κ3) is 5.53. The van der Waals surface area contributed by atoms with Crippen LogP contribution in [0.2, 0.25) is 0 Å². The molecule has 0 radical (unpaired) electrons. The minimum atomic E-state index is -0.768. The zero-order valence-electron chi connectivity index (χ0n) is 14.0. The highest BCUT2D eigenvalue weighted by molar-refractivity contribution is 5.79. The highest BCUT2D eigenvalue weighted by atomic mass is 16.6. The fourth-order valence-electron chi connectivity index (χ4n) is 2.41. The van der Waals surface area contributed by atoms with Crippen LogP contribution in [0.4, 0.5) is 4.79 Å². The summed E-state index contributed by atoms with van der Waals surface area (Å²) in [5, 5.41) is 3.27. The predicted molar refractivity (Wildman–Crippen MR) is 80.1 cm³/mol. The van der Waals surface area contributed by atoms with Crippen LogP contribution in [0, 0.1) is 0 Å². The number of hydrogen-bond acceptors (Lipinski definition) is 5. The second kappa shape index (κ2) is 6.64. The van der Waals surface area contributed by atoms with Crippen molar-refractivity contribution < 1.29 is 19.1 Å². The molecule has 6 heteroatoms. The number of esters is 1. The molecule has 0 saturated carbocycles. The van der Waals surface area contributed by atoms with E-state index < -0.39 is 11.1 Å². The third-order valence-corrected chi connectivity index (χ3v) is 3.33. The molecule has 1 N–H and O–H groups in total. The summed E-state index contributed by atoms with van der Waals surface area (Å²) in [5.74, 6) is -0.308. The molecule has 1 atom stereocenters. The zero-order valence-corrected chi connectivity index (χ0v) is 14.0. The smallest absolute Gasteiger partial charge is 0.410 e. The van der Waals surface area contributed by atoms with Crippen molar-refractivity contribution >= 4 is 12.1 Å². The van der Waals surface area contributed by atoms with Crippen LogP contribution in [-0.4, -0.2) is 54.3 Å². The quantitative estimate of drug-likeness (QED) is 0.807. The van der Waals surface area contributed by atoms with Gasteiger partial charge in [-0.15, -0.1) is 0 Å². The minimum Gasteiger partial charge on any atom is -0.468 e. The first-order valence-corrected chi connectivity index (χ1v) is 7.39. The maximum absolute atomic E-state index is 12.1. The van der Waals surface area contributed by atoms with Crippen LogP contribution in [0.1, 0.15) is 47.5 Å². The largest absolute Gasteiger partial charge is 0.468 e. The number of carbonyl (C=O) groups excluding carboxylic acids is 2.